The lowest BCUT2D eigenvalue weighted by Crippen LogP contribution is -2.47. The van der Waals surface area contributed by atoms with Gasteiger partial charge in [-0.1, -0.05) is 29.3 Å². The fraction of sp³-hybridized carbons (Fsp3) is 0.588. The number of piperazine rings is 1. The van der Waals surface area contributed by atoms with E-state index in [0.29, 0.717) is 22.5 Å². The van der Waals surface area contributed by atoms with Gasteiger partial charge in [0.15, 0.2) is 0 Å². The molecule has 0 aromatic heterocycles. The van der Waals surface area contributed by atoms with Gasteiger partial charge in [0.1, 0.15) is 0 Å². The zero-order valence-electron chi connectivity index (χ0n) is 13.6. The molecule has 1 heterocycles. The number of hydrogen-bond donors (Lipinski definition) is 1. The van der Waals surface area contributed by atoms with Gasteiger partial charge in [-0.15, -0.1) is 12.4 Å². The van der Waals surface area contributed by atoms with Crippen LogP contribution in [0.5, 0.6) is 0 Å². The highest BCUT2D eigenvalue weighted by molar-refractivity contribution is 6.42. The molecule has 2 fully saturated rings. The lowest BCUT2D eigenvalue weighted by Gasteiger charge is -2.29. The largest absolute Gasteiger partial charge is 0.340 e. The van der Waals surface area contributed by atoms with Gasteiger partial charge in [0.25, 0.3) is 0 Å². The maximum absolute atomic E-state index is 12.3. The van der Waals surface area contributed by atoms with Gasteiger partial charge >= 0.3 is 0 Å². The van der Waals surface area contributed by atoms with E-state index in [9.17, 15) is 4.79 Å². The van der Waals surface area contributed by atoms with Crippen LogP contribution in [0.15, 0.2) is 18.2 Å². The Morgan fingerprint density at radius 2 is 1.92 bits per heavy atom. The van der Waals surface area contributed by atoms with E-state index >= 15 is 0 Å². The molecule has 1 aliphatic heterocycles. The van der Waals surface area contributed by atoms with Crippen LogP contribution >= 0.6 is 35.6 Å². The number of carbonyl (C=O) groups is 1. The Bertz CT molecular complexity index is 560. The normalized spacial score (nSPS) is 17.7. The Morgan fingerprint density at radius 3 is 2.54 bits per heavy atom. The summed E-state index contributed by atoms with van der Waals surface area (Å²) in [6, 6.07) is 6.40. The van der Waals surface area contributed by atoms with Crippen molar-refractivity contribution in [1.82, 2.24) is 15.1 Å². The zero-order chi connectivity index (χ0) is 16.2. The van der Waals surface area contributed by atoms with Gasteiger partial charge in [-0.3, -0.25) is 9.69 Å². The first-order chi connectivity index (χ1) is 11.1. The van der Waals surface area contributed by atoms with E-state index in [2.05, 4.69) is 10.2 Å². The molecule has 0 atom stereocenters. The summed E-state index contributed by atoms with van der Waals surface area (Å²) in [7, 11) is 0. The van der Waals surface area contributed by atoms with Crippen molar-refractivity contribution >= 4 is 41.5 Å². The molecule has 4 nitrogen and oxygen atoms in total. The molecule has 1 aromatic carbocycles. The SMILES string of the molecule is Cl.O=C(CCN(Cc1ccc(Cl)c(Cl)c1)C1CC1)N1CCNCC1. The molecular weight excluding hydrogens is 369 g/mol. The molecule has 1 amide bonds. The fourth-order valence-corrected chi connectivity index (χ4v) is 3.34. The van der Waals surface area contributed by atoms with E-state index in [1.165, 1.54) is 12.8 Å². The minimum Gasteiger partial charge on any atom is -0.340 e. The van der Waals surface area contributed by atoms with Crippen molar-refractivity contribution in [3.63, 3.8) is 0 Å². The second-order valence-corrected chi connectivity index (χ2v) is 7.15. The van der Waals surface area contributed by atoms with E-state index in [4.69, 9.17) is 23.2 Å². The molecule has 0 spiro atoms. The van der Waals surface area contributed by atoms with Gasteiger partial charge in [-0.05, 0) is 30.5 Å². The van der Waals surface area contributed by atoms with Crippen LogP contribution in [0.25, 0.3) is 0 Å². The van der Waals surface area contributed by atoms with Crippen LogP contribution in [0, 0.1) is 0 Å². The summed E-state index contributed by atoms with van der Waals surface area (Å²) in [5.41, 5.74) is 1.15. The predicted molar refractivity (Wildman–Crippen MR) is 101 cm³/mol. The van der Waals surface area contributed by atoms with Gasteiger partial charge in [-0.2, -0.15) is 0 Å². The molecule has 3 rings (SSSR count). The molecule has 7 heteroatoms. The smallest absolute Gasteiger partial charge is 0.223 e. The highest BCUT2D eigenvalue weighted by Crippen LogP contribution is 2.30. The van der Waals surface area contributed by atoms with Gasteiger partial charge in [0.2, 0.25) is 5.91 Å². The van der Waals surface area contributed by atoms with Crippen molar-refractivity contribution in [1.29, 1.82) is 0 Å². The van der Waals surface area contributed by atoms with Gasteiger partial charge in [0.05, 0.1) is 10.0 Å². The number of rotatable bonds is 6. The Kier molecular flexibility index (Phi) is 7.63. The molecular formula is C17H24Cl3N3O. The third-order valence-corrected chi connectivity index (χ3v) is 5.25. The zero-order valence-corrected chi connectivity index (χ0v) is 16.0. The minimum atomic E-state index is 0. The molecule has 1 saturated heterocycles. The molecule has 2 aliphatic rings. The van der Waals surface area contributed by atoms with E-state index < -0.39 is 0 Å². The highest BCUT2D eigenvalue weighted by atomic mass is 35.5. The number of hydrogen-bond acceptors (Lipinski definition) is 3. The van der Waals surface area contributed by atoms with E-state index in [-0.39, 0.29) is 18.3 Å². The second-order valence-electron chi connectivity index (χ2n) is 6.33. The van der Waals surface area contributed by atoms with Crippen LogP contribution in [0.3, 0.4) is 0 Å². The molecule has 0 unspecified atom stereocenters. The number of nitrogens with one attached hydrogen (secondary N) is 1. The van der Waals surface area contributed by atoms with Crippen LogP contribution in [0.1, 0.15) is 24.8 Å². The Morgan fingerprint density at radius 1 is 1.21 bits per heavy atom. The Hall–Kier alpha value is -0.520. The highest BCUT2D eigenvalue weighted by Gasteiger charge is 2.29. The summed E-state index contributed by atoms with van der Waals surface area (Å²) in [5, 5.41) is 4.46. The molecule has 1 N–H and O–H groups in total. The summed E-state index contributed by atoms with van der Waals surface area (Å²) in [4.78, 5) is 16.7. The fourth-order valence-electron chi connectivity index (χ4n) is 3.01. The summed E-state index contributed by atoms with van der Waals surface area (Å²) >= 11 is 12.1. The van der Waals surface area contributed by atoms with E-state index in [1.807, 2.05) is 23.1 Å². The van der Waals surface area contributed by atoms with Crippen molar-refractivity contribution in [3.05, 3.63) is 33.8 Å². The van der Waals surface area contributed by atoms with Crippen molar-refractivity contribution < 1.29 is 4.79 Å². The van der Waals surface area contributed by atoms with Gasteiger partial charge < -0.3 is 10.2 Å². The lowest BCUT2D eigenvalue weighted by molar-refractivity contribution is -0.132. The van der Waals surface area contributed by atoms with Gasteiger partial charge in [-0.25, -0.2) is 0 Å². The van der Waals surface area contributed by atoms with Crippen molar-refractivity contribution in [3.8, 4) is 0 Å². The topological polar surface area (TPSA) is 35.6 Å². The average molecular weight is 393 g/mol. The van der Waals surface area contributed by atoms with E-state index in [0.717, 1.165) is 44.8 Å². The number of benzene rings is 1. The first-order valence-corrected chi connectivity index (χ1v) is 9.05. The number of amides is 1. The molecule has 0 radical (unpaired) electrons. The molecule has 1 saturated carbocycles. The van der Waals surface area contributed by atoms with Crippen molar-refractivity contribution in [2.24, 2.45) is 0 Å². The van der Waals surface area contributed by atoms with Crippen LogP contribution < -0.4 is 5.32 Å². The standard InChI is InChI=1S/C17H23Cl2N3O.ClH/c18-15-4-1-13(11-16(15)19)12-22(14-2-3-14)8-5-17(23)21-9-6-20-7-10-21;/h1,4,11,14,20H,2-3,5-10,12H2;1H. The van der Waals surface area contributed by atoms with Crippen LogP contribution in [-0.2, 0) is 11.3 Å². The summed E-state index contributed by atoms with van der Waals surface area (Å²) < 4.78 is 0. The van der Waals surface area contributed by atoms with Crippen LogP contribution in [0.2, 0.25) is 10.0 Å². The predicted octanol–water partition coefficient (Wildman–Crippen LogP) is 3.20. The maximum Gasteiger partial charge on any atom is 0.223 e. The maximum atomic E-state index is 12.3. The Balaban J connectivity index is 0.00000208. The monoisotopic (exact) mass is 391 g/mol. The number of halogens is 3. The first-order valence-electron chi connectivity index (χ1n) is 8.30. The molecule has 1 aromatic rings. The third kappa shape index (κ3) is 5.50. The number of carbonyl (C=O) groups excluding carboxylic acids is 1. The molecule has 134 valence electrons. The van der Waals surface area contributed by atoms with Gasteiger partial charge in [0, 0.05) is 51.7 Å². The quantitative estimate of drug-likeness (QED) is 0.807. The average Bonchev–Trinajstić information content (AvgIpc) is 3.40. The second kappa shape index (κ2) is 9.25. The Labute approximate surface area is 159 Å². The summed E-state index contributed by atoms with van der Waals surface area (Å²) in [6.07, 6.45) is 3.05. The summed E-state index contributed by atoms with van der Waals surface area (Å²) in [6.45, 7) is 5.11. The van der Waals surface area contributed by atoms with Crippen LogP contribution in [0.4, 0.5) is 0 Å². The molecule has 1 aliphatic carbocycles. The van der Waals surface area contributed by atoms with Crippen LogP contribution in [-0.4, -0.2) is 54.5 Å². The van der Waals surface area contributed by atoms with E-state index in [1.54, 1.807) is 0 Å². The minimum absolute atomic E-state index is 0. The summed E-state index contributed by atoms with van der Waals surface area (Å²) in [5.74, 6) is 0.270. The molecule has 24 heavy (non-hydrogen) atoms. The van der Waals surface area contributed by atoms with Crippen molar-refractivity contribution in [2.75, 3.05) is 32.7 Å². The lowest BCUT2D eigenvalue weighted by atomic mass is 10.2. The first kappa shape index (κ1) is 19.8. The third-order valence-electron chi connectivity index (χ3n) is 4.52. The van der Waals surface area contributed by atoms with Crippen molar-refractivity contribution in [2.45, 2.75) is 31.8 Å². The number of nitrogens with zero attached hydrogens (tertiary/aromatic N) is 2. The molecule has 0 bridgehead atoms.